The number of fused-ring (bicyclic) bond motifs is 1. The van der Waals surface area contributed by atoms with Gasteiger partial charge >= 0.3 is 0 Å². The van der Waals surface area contributed by atoms with Crippen LogP contribution in [0.25, 0.3) is 11.1 Å². The highest BCUT2D eigenvalue weighted by atomic mass is 16.4. The quantitative estimate of drug-likeness (QED) is 0.721. The number of aromatic hydroxyl groups is 1. The molecule has 0 saturated carbocycles. The smallest absolute Gasteiger partial charge is 0.298 e. The van der Waals surface area contributed by atoms with Crippen LogP contribution in [0.3, 0.4) is 0 Å². The minimum atomic E-state index is 0.0675. The maximum Gasteiger partial charge on any atom is 0.298 e. The fraction of sp³-hybridized carbons (Fsp3) is 0.391. The lowest BCUT2D eigenvalue weighted by molar-refractivity contribution is -0.136. The lowest BCUT2D eigenvalue weighted by Gasteiger charge is -2.39. The largest absolute Gasteiger partial charge is 0.508 e. The molecule has 7 heteroatoms. The van der Waals surface area contributed by atoms with Crippen molar-refractivity contribution in [2.75, 3.05) is 49.1 Å². The van der Waals surface area contributed by atoms with E-state index in [1.807, 2.05) is 41.3 Å². The third-order valence-corrected chi connectivity index (χ3v) is 6.18. The number of carbonyl (C=O) groups excluding carboxylic acids is 1. The third kappa shape index (κ3) is 3.67. The van der Waals surface area contributed by atoms with Crippen molar-refractivity contribution >= 4 is 28.7 Å². The normalized spacial score (nSPS) is 18.2. The van der Waals surface area contributed by atoms with Crippen molar-refractivity contribution in [2.45, 2.75) is 12.8 Å². The fourth-order valence-electron chi connectivity index (χ4n) is 4.45. The number of para-hydroxylation sites is 2. The van der Waals surface area contributed by atoms with E-state index in [1.54, 1.807) is 12.1 Å². The minimum Gasteiger partial charge on any atom is -0.508 e. The average Bonchev–Trinajstić information content (AvgIpc) is 3.23. The predicted molar refractivity (Wildman–Crippen MR) is 116 cm³/mol. The van der Waals surface area contributed by atoms with E-state index in [-0.39, 0.29) is 17.6 Å². The van der Waals surface area contributed by atoms with Crippen molar-refractivity contribution in [3.8, 4) is 5.75 Å². The van der Waals surface area contributed by atoms with Gasteiger partial charge in [-0.1, -0.05) is 18.2 Å². The van der Waals surface area contributed by atoms with E-state index in [0.717, 1.165) is 68.9 Å². The molecule has 1 N–H and O–H groups in total. The minimum absolute atomic E-state index is 0.0675. The van der Waals surface area contributed by atoms with Gasteiger partial charge in [-0.05, 0) is 37.1 Å². The second-order valence-electron chi connectivity index (χ2n) is 8.06. The van der Waals surface area contributed by atoms with E-state index >= 15 is 0 Å². The molecule has 0 aliphatic carbocycles. The first-order chi connectivity index (χ1) is 14.7. The molecule has 0 atom stereocenters. The molecule has 3 heterocycles. The van der Waals surface area contributed by atoms with Crippen LogP contribution < -0.4 is 9.80 Å². The number of benzene rings is 2. The van der Waals surface area contributed by atoms with Crippen LogP contribution in [0.15, 0.2) is 52.9 Å². The number of piperazine rings is 1. The van der Waals surface area contributed by atoms with Crippen molar-refractivity contribution in [1.82, 2.24) is 9.88 Å². The molecule has 2 fully saturated rings. The molecule has 1 aromatic heterocycles. The van der Waals surface area contributed by atoms with E-state index in [2.05, 4.69) is 14.8 Å². The molecule has 2 aromatic carbocycles. The first-order valence-corrected chi connectivity index (χ1v) is 10.6. The lowest BCUT2D eigenvalue weighted by Crippen LogP contribution is -2.51. The van der Waals surface area contributed by atoms with Crippen LogP contribution in [-0.2, 0) is 4.79 Å². The molecule has 7 nitrogen and oxygen atoms in total. The van der Waals surface area contributed by atoms with Gasteiger partial charge in [-0.15, -0.1) is 0 Å². The summed E-state index contributed by atoms with van der Waals surface area (Å²) in [5, 5.41) is 9.69. The highest BCUT2D eigenvalue weighted by molar-refractivity contribution is 5.79. The van der Waals surface area contributed by atoms with Crippen LogP contribution in [-0.4, -0.2) is 60.2 Å². The Labute approximate surface area is 175 Å². The second kappa shape index (κ2) is 7.89. The Hall–Kier alpha value is -3.22. The van der Waals surface area contributed by atoms with Crippen molar-refractivity contribution in [2.24, 2.45) is 5.92 Å². The number of hydrogen-bond donors (Lipinski definition) is 1. The van der Waals surface area contributed by atoms with Crippen LogP contribution in [0.5, 0.6) is 5.75 Å². The first-order valence-electron chi connectivity index (χ1n) is 10.6. The van der Waals surface area contributed by atoms with Gasteiger partial charge in [-0.3, -0.25) is 4.79 Å². The molecule has 2 aliphatic rings. The van der Waals surface area contributed by atoms with Gasteiger partial charge in [-0.2, -0.15) is 4.98 Å². The number of carbonyl (C=O) groups is 1. The van der Waals surface area contributed by atoms with Gasteiger partial charge in [0.15, 0.2) is 5.58 Å². The predicted octanol–water partition coefficient (Wildman–Crippen LogP) is 3.10. The Kier molecular flexibility index (Phi) is 4.94. The summed E-state index contributed by atoms with van der Waals surface area (Å²) in [6, 6.07) is 15.7. The maximum absolute atomic E-state index is 13.0. The highest BCUT2D eigenvalue weighted by Crippen LogP contribution is 2.28. The molecule has 0 unspecified atom stereocenters. The highest BCUT2D eigenvalue weighted by Gasteiger charge is 2.31. The number of nitrogens with zero attached hydrogens (tertiary/aromatic N) is 4. The van der Waals surface area contributed by atoms with Gasteiger partial charge in [0.05, 0.1) is 0 Å². The van der Waals surface area contributed by atoms with E-state index in [4.69, 9.17) is 4.42 Å². The van der Waals surface area contributed by atoms with E-state index in [0.29, 0.717) is 6.01 Å². The van der Waals surface area contributed by atoms with Crippen molar-refractivity contribution in [3.63, 3.8) is 0 Å². The van der Waals surface area contributed by atoms with Gasteiger partial charge in [-0.25, -0.2) is 0 Å². The summed E-state index contributed by atoms with van der Waals surface area (Å²) < 4.78 is 5.88. The monoisotopic (exact) mass is 406 g/mol. The number of aromatic nitrogens is 1. The van der Waals surface area contributed by atoms with E-state index in [9.17, 15) is 9.90 Å². The van der Waals surface area contributed by atoms with Crippen molar-refractivity contribution < 1.29 is 14.3 Å². The molecule has 0 bridgehead atoms. The van der Waals surface area contributed by atoms with E-state index < -0.39 is 0 Å². The van der Waals surface area contributed by atoms with Crippen molar-refractivity contribution in [3.05, 3.63) is 48.5 Å². The summed E-state index contributed by atoms with van der Waals surface area (Å²) in [6.07, 6.45) is 1.65. The van der Waals surface area contributed by atoms with Gasteiger partial charge < -0.3 is 24.2 Å². The summed E-state index contributed by atoms with van der Waals surface area (Å²) >= 11 is 0. The van der Waals surface area contributed by atoms with Gasteiger partial charge in [0.25, 0.3) is 6.01 Å². The molecular weight excluding hydrogens is 380 g/mol. The zero-order chi connectivity index (χ0) is 20.5. The Balaban J connectivity index is 1.15. The summed E-state index contributed by atoms with van der Waals surface area (Å²) in [6.45, 7) is 4.59. The number of rotatable bonds is 3. The standard InChI is InChI=1S/C23H26N4O3/c28-19-5-3-4-18(16-19)25-12-14-26(15-13-25)22(29)17-8-10-27(11-9-17)23-24-20-6-1-2-7-21(20)30-23/h1-7,16-17,28H,8-15H2. The Morgan fingerprint density at radius 1 is 0.933 bits per heavy atom. The molecule has 30 heavy (non-hydrogen) atoms. The number of phenols is 1. The maximum atomic E-state index is 13.0. The fourth-order valence-corrected chi connectivity index (χ4v) is 4.45. The Morgan fingerprint density at radius 3 is 2.43 bits per heavy atom. The van der Waals surface area contributed by atoms with E-state index in [1.165, 1.54) is 0 Å². The van der Waals surface area contributed by atoms with Crippen LogP contribution in [0, 0.1) is 5.92 Å². The molecule has 1 amide bonds. The third-order valence-electron chi connectivity index (χ3n) is 6.18. The number of amides is 1. The molecule has 2 saturated heterocycles. The number of phenolic OH excluding ortho intramolecular Hbond substituents is 1. The summed E-state index contributed by atoms with van der Waals surface area (Å²) in [5.74, 6) is 0.609. The first kappa shape index (κ1) is 18.8. The van der Waals surface area contributed by atoms with Crippen LogP contribution in [0.4, 0.5) is 11.7 Å². The van der Waals surface area contributed by atoms with Gasteiger partial charge in [0.2, 0.25) is 5.91 Å². The Morgan fingerprint density at radius 2 is 1.70 bits per heavy atom. The molecule has 0 spiro atoms. The summed E-state index contributed by atoms with van der Waals surface area (Å²) in [5.41, 5.74) is 2.68. The number of piperidine rings is 1. The average molecular weight is 406 g/mol. The van der Waals surface area contributed by atoms with Crippen LogP contribution >= 0.6 is 0 Å². The van der Waals surface area contributed by atoms with Gasteiger partial charge in [0, 0.05) is 56.9 Å². The SMILES string of the molecule is O=C(C1CCN(c2nc3ccccc3o2)CC1)N1CCN(c2cccc(O)c2)CC1. The molecule has 0 radical (unpaired) electrons. The molecule has 156 valence electrons. The van der Waals surface area contributed by atoms with Crippen LogP contribution in [0.2, 0.25) is 0 Å². The number of oxazole rings is 1. The van der Waals surface area contributed by atoms with Crippen molar-refractivity contribution in [1.29, 1.82) is 0 Å². The topological polar surface area (TPSA) is 73.1 Å². The lowest BCUT2D eigenvalue weighted by atomic mass is 9.95. The second-order valence-corrected chi connectivity index (χ2v) is 8.06. The summed E-state index contributed by atoms with van der Waals surface area (Å²) in [4.78, 5) is 24.0. The van der Waals surface area contributed by atoms with Crippen LogP contribution in [0.1, 0.15) is 12.8 Å². The summed E-state index contributed by atoms with van der Waals surface area (Å²) in [7, 11) is 0. The molecule has 3 aromatic rings. The molecular formula is C23H26N4O3. The Bertz CT molecular complexity index is 1000. The molecule has 5 rings (SSSR count). The molecule has 2 aliphatic heterocycles. The zero-order valence-corrected chi connectivity index (χ0v) is 16.9. The van der Waals surface area contributed by atoms with Gasteiger partial charge in [0.1, 0.15) is 11.3 Å². The number of hydrogen-bond acceptors (Lipinski definition) is 6. The zero-order valence-electron chi connectivity index (χ0n) is 16.9. The number of anilines is 2.